The molecule has 0 aliphatic heterocycles. The van der Waals surface area contributed by atoms with Gasteiger partial charge in [-0.15, -0.1) is 0 Å². The molecule has 70 valence electrons. The van der Waals surface area contributed by atoms with Gasteiger partial charge in [0.2, 0.25) is 6.04 Å². The average Bonchev–Trinajstić information content (AvgIpc) is 1.85. The number of nitrogens with zero attached hydrogens (tertiary/aromatic N) is 1. The van der Waals surface area contributed by atoms with Crippen LogP contribution >= 0.6 is 0 Å². The molecular weight excluding hydrogens is 166 g/mol. The summed E-state index contributed by atoms with van der Waals surface area (Å²) in [4.78, 5) is 3.54. The molecule has 0 fully saturated rings. The molecule has 0 aromatic carbocycles. The Bertz CT molecular complexity index is 166. The molecular formula is C9H19NOSi. The molecule has 2 nitrogen and oxygen atoms in total. The molecule has 0 radical (unpaired) electrons. The highest BCUT2D eigenvalue weighted by Crippen LogP contribution is 2.10. The van der Waals surface area contributed by atoms with Crippen molar-refractivity contribution >= 4 is 8.32 Å². The molecule has 0 amide bonds. The number of hydrogen-bond donors (Lipinski definition) is 0. The van der Waals surface area contributed by atoms with E-state index in [2.05, 4.69) is 38.3 Å². The van der Waals surface area contributed by atoms with Crippen molar-refractivity contribution in [1.29, 1.82) is 0 Å². The molecule has 12 heavy (non-hydrogen) atoms. The van der Waals surface area contributed by atoms with Crippen molar-refractivity contribution in [2.24, 2.45) is 5.92 Å². The second-order valence-corrected chi connectivity index (χ2v) is 8.88. The van der Waals surface area contributed by atoms with Gasteiger partial charge in [0.15, 0.2) is 8.32 Å². The maximum Gasteiger partial charge on any atom is 0.247 e. The maximum atomic E-state index is 6.96. The van der Waals surface area contributed by atoms with Gasteiger partial charge in [0, 0.05) is 5.92 Å². The smallest absolute Gasteiger partial charge is 0.247 e. The fraction of sp³-hybridized carbons (Fsp3) is 0.889. The Morgan fingerprint density at radius 2 is 1.83 bits per heavy atom. The molecule has 0 heterocycles. The van der Waals surface area contributed by atoms with Gasteiger partial charge in [0.05, 0.1) is 0 Å². The van der Waals surface area contributed by atoms with Crippen LogP contribution in [-0.4, -0.2) is 21.0 Å². The molecule has 1 atom stereocenters. The molecule has 0 rings (SSSR count). The summed E-state index contributed by atoms with van der Waals surface area (Å²) in [5.41, 5.74) is 0. The monoisotopic (exact) mass is 185 g/mol. The third-order valence-corrected chi connectivity index (χ3v) is 2.66. The minimum Gasteiger partial charge on any atom is -0.410 e. The Labute approximate surface area is 76.9 Å². The van der Waals surface area contributed by atoms with E-state index in [1.807, 2.05) is 0 Å². The normalized spacial score (nSPS) is 14.4. The molecule has 0 aliphatic carbocycles. The molecule has 0 saturated carbocycles. The summed E-state index contributed by atoms with van der Waals surface area (Å²) < 4.78 is 5.67. The predicted molar refractivity (Wildman–Crippen MR) is 54.5 cm³/mol. The number of hydrogen-bond acceptors (Lipinski definition) is 1. The fourth-order valence-corrected chi connectivity index (χ4v) is 1.38. The average molecular weight is 185 g/mol. The van der Waals surface area contributed by atoms with Crippen molar-refractivity contribution in [3.63, 3.8) is 0 Å². The first-order valence-electron chi connectivity index (χ1n) is 4.37. The zero-order valence-corrected chi connectivity index (χ0v) is 9.72. The summed E-state index contributed by atoms with van der Waals surface area (Å²) in [5, 5.41) is 0. The van der Waals surface area contributed by atoms with Gasteiger partial charge in [-0.3, -0.25) is 0 Å². The Morgan fingerprint density at radius 3 is 2.08 bits per heavy atom. The van der Waals surface area contributed by atoms with E-state index in [-0.39, 0.29) is 6.04 Å². The van der Waals surface area contributed by atoms with E-state index < -0.39 is 8.32 Å². The van der Waals surface area contributed by atoms with E-state index in [1.54, 1.807) is 0 Å². The fourth-order valence-electron chi connectivity index (χ4n) is 0.714. The zero-order chi connectivity index (χ0) is 9.78. The molecule has 0 N–H and O–H groups in total. The van der Waals surface area contributed by atoms with Crippen LogP contribution in [-0.2, 0) is 4.43 Å². The Hall–Kier alpha value is -0.333. The second-order valence-electron chi connectivity index (χ2n) is 4.36. The minimum atomic E-state index is -1.43. The van der Waals surface area contributed by atoms with Crippen LogP contribution in [0, 0.1) is 12.5 Å². The van der Waals surface area contributed by atoms with Gasteiger partial charge in [-0.2, -0.15) is 0 Å². The first-order chi connectivity index (χ1) is 5.37. The summed E-state index contributed by atoms with van der Waals surface area (Å²) in [6.45, 7) is 18.1. The molecule has 0 saturated heterocycles. The van der Waals surface area contributed by atoms with Gasteiger partial charge in [-0.05, 0) is 19.6 Å². The summed E-state index contributed by atoms with van der Waals surface area (Å²) in [7, 11) is -1.43. The Morgan fingerprint density at radius 1 is 1.33 bits per heavy atom. The molecule has 0 unspecified atom stereocenters. The lowest BCUT2D eigenvalue weighted by molar-refractivity contribution is 0.273. The molecule has 0 aromatic heterocycles. The van der Waals surface area contributed by atoms with Gasteiger partial charge in [-0.1, -0.05) is 13.8 Å². The molecule has 0 aromatic rings. The van der Waals surface area contributed by atoms with E-state index in [4.69, 9.17) is 11.0 Å². The predicted octanol–water partition coefficient (Wildman–Crippen LogP) is 2.78. The van der Waals surface area contributed by atoms with Crippen molar-refractivity contribution in [2.45, 2.75) is 39.5 Å². The first-order valence-corrected chi connectivity index (χ1v) is 7.78. The highest BCUT2D eigenvalue weighted by atomic mass is 28.4. The van der Waals surface area contributed by atoms with Crippen molar-refractivity contribution in [3.05, 3.63) is 11.4 Å². The highest BCUT2D eigenvalue weighted by molar-refractivity contribution is 6.69. The zero-order valence-electron chi connectivity index (χ0n) is 8.72. The van der Waals surface area contributed by atoms with Crippen LogP contribution in [0.5, 0.6) is 0 Å². The van der Waals surface area contributed by atoms with Gasteiger partial charge in [0.1, 0.15) is 6.61 Å². The summed E-state index contributed by atoms with van der Waals surface area (Å²) in [6, 6.07) is 0.0386. The van der Waals surface area contributed by atoms with Crippen LogP contribution in [0.15, 0.2) is 0 Å². The third-order valence-electron chi connectivity index (χ3n) is 1.62. The van der Waals surface area contributed by atoms with E-state index >= 15 is 0 Å². The topological polar surface area (TPSA) is 13.6 Å². The van der Waals surface area contributed by atoms with Gasteiger partial charge in [-0.25, -0.2) is 6.57 Å². The summed E-state index contributed by atoms with van der Waals surface area (Å²) in [5.74, 6) is 0.402. The van der Waals surface area contributed by atoms with Crippen LogP contribution < -0.4 is 0 Å². The molecule has 3 heteroatoms. The van der Waals surface area contributed by atoms with Gasteiger partial charge >= 0.3 is 0 Å². The van der Waals surface area contributed by atoms with Crippen LogP contribution in [0.4, 0.5) is 0 Å². The Kier molecular flexibility index (Phi) is 4.51. The van der Waals surface area contributed by atoms with Crippen LogP contribution in [0.2, 0.25) is 19.6 Å². The quantitative estimate of drug-likeness (QED) is 0.485. The Balaban J connectivity index is 3.84. The van der Waals surface area contributed by atoms with E-state index in [1.165, 1.54) is 0 Å². The summed E-state index contributed by atoms with van der Waals surface area (Å²) in [6.07, 6.45) is 0. The van der Waals surface area contributed by atoms with E-state index in [9.17, 15) is 0 Å². The third kappa shape index (κ3) is 5.33. The van der Waals surface area contributed by atoms with Crippen molar-refractivity contribution in [2.75, 3.05) is 6.61 Å². The van der Waals surface area contributed by atoms with Gasteiger partial charge < -0.3 is 9.27 Å². The van der Waals surface area contributed by atoms with Gasteiger partial charge in [0.25, 0.3) is 0 Å². The lowest BCUT2D eigenvalue weighted by Crippen LogP contribution is -2.31. The molecule has 0 bridgehead atoms. The SMILES string of the molecule is [C-]#[N+][C@H](CO[Si](C)(C)C)C(C)C. The van der Waals surface area contributed by atoms with Crippen molar-refractivity contribution in [3.8, 4) is 0 Å². The summed E-state index contributed by atoms with van der Waals surface area (Å²) >= 11 is 0. The van der Waals surface area contributed by atoms with Crippen LogP contribution in [0.25, 0.3) is 4.85 Å². The standard InChI is InChI=1S/C9H19NOSi/c1-8(2)9(10-3)7-11-12(4,5)6/h8-9H,7H2,1-2,4-6H3/t9-/m1/s1. The maximum absolute atomic E-state index is 6.96. The lowest BCUT2D eigenvalue weighted by Gasteiger charge is -2.18. The van der Waals surface area contributed by atoms with Crippen LogP contribution in [0.3, 0.4) is 0 Å². The number of rotatable bonds is 4. The first kappa shape index (κ1) is 11.7. The van der Waals surface area contributed by atoms with Crippen LogP contribution in [0.1, 0.15) is 13.8 Å². The van der Waals surface area contributed by atoms with E-state index in [0.717, 1.165) is 0 Å². The molecule has 0 spiro atoms. The highest BCUT2D eigenvalue weighted by Gasteiger charge is 2.22. The lowest BCUT2D eigenvalue weighted by atomic mass is 10.1. The van der Waals surface area contributed by atoms with Crippen molar-refractivity contribution in [1.82, 2.24) is 0 Å². The minimum absolute atomic E-state index is 0.0386. The van der Waals surface area contributed by atoms with Crippen molar-refractivity contribution < 1.29 is 4.43 Å². The second kappa shape index (κ2) is 4.63. The molecule has 0 aliphatic rings. The largest absolute Gasteiger partial charge is 0.410 e. The van der Waals surface area contributed by atoms with E-state index in [0.29, 0.717) is 12.5 Å².